The first-order valence-corrected chi connectivity index (χ1v) is 9.68. The standard InChI is InChI=1S/C24H18ClN3/c25-20-13-11-18(12-14-20)21-15-23(19-9-5-2-6-10-19)28-16-22(27-24(28)26-21)17-7-3-1-4-8-17/h1-14,16,23H,15H2/t23-/m0/s1. The first kappa shape index (κ1) is 17.0. The van der Waals surface area contributed by atoms with Gasteiger partial charge in [0.1, 0.15) is 0 Å². The highest BCUT2D eigenvalue weighted by molar-refractivity contribution is 6.30. The van der Waals surface area contributed by atoms with Crippen LogP contribution in [0, 0.1) is 0 Å². The smallest absolute Gasteiger partial charge is 0.230 e. The molecule has 0 radical (unpaired) electrons. The minimum atomic E-state index is 0.157. The van der Waals surface area contributed by atoms with Crippen molar-refractivity contribution in [1.29, 1.82) is 0 Å². The molecule has 0 saturated heterocycles. The molecule has 1 aromatic heterocycles. The van der Waals surface area contributed by atoms with E-state index in [1.165, 1.54) is 5.56 Å². The number of halogens is 1. The van der Waals surface area contributed by atoms with Crippen LogP contribution in [0.1, 0.15) is 23.6 Å². The van der Waals surface area contributed by atoms with Crippen molar-refractivity contribution in [3.63, 3.8) is 0 Å². The van der Waals surface area contributed by atoms with Crippen LogP contribution in [0.2, 0.25) is 5.02 Å². The van der Waals surface area contributed by atoms with Crippen LogP contribution in [0.3, 0.4) is 0 Å². The summed E-state index contributed by atoms with van der Waals surface area (Å²) in [6.07, 6.45) is 2.92. The molecule has 4 heteroatoms. The Kier molecular flexibility index (Phi) is 4.30. The molecule has 3 nitrogen and oxygen atoms in total. The fourth-order valence-corrected chi connectivity index (χ4v) is 3.80. The van der Waals surface area contributed by atoms with E-state index in [4.69, 9.17) is 21.6 Å². The molecule has 2 heterocycles. The van der Waals surface area contributed by atoms with E-state index in [-0.39, 0.29) is 6.04 Å². The highest BCUT2D eigenvalue weighted by Gasteiger charge is 2.26. The number of fused-ring (bicyclic) bond motifs is 1. The molecule has 0 saturated carbocycles. The molecule has 1 atom stereocenters. The van der Waals surface area contributed by atoms with E-state index in [9.17, 15) is 0 Å². The number of benzene rings is 3. The predicted molar refractivity (Wildman–Crippen MR) is 115 cm³/mol. The Morgan fingerprint density at radius 3 is 2.18 bits per heavy atom. The van der Waals surface area contributed by atoms with E-state index in [0.29, 0.717) is 0 Å². The van der Waals surface area contributed by atoms with Gasteiger partial charge in [0.25, 0.3) is 0 Å². The Bertz CT molecular complexity index is 1130. The minimum absolute atomic E-state index is 0.157. The molecule has 0 N–H and O–H groups in total. The maximum atomic E-state index is 6.07. The van der Waals surface area contributed by atoms with Crippen LogP contribution in [-0.2, 0) is 0 Å². The van der Waals surface area contributed by atoms with Crippen molar-refractivity contribution in [2.45, 2.75) is 12.5 Å². The number of imidazole rings is 1. The lowest BCUT2D eigenvalue weighted by molar-refractivity contribution is 0.596. The monoisotopic (exact) mass is 383 g/mol. The van der Waals surface area contributed by atoms with Crippen LogP contribution < -0.4 is 0 Å². The number of nitrogens with zero attached hydrogens (tertiary/aromatic N) is 3. The third-order valence-electron chi connectivity index (χ3n) is 5.10. The zero-order chi connectivity index (χ0) is 18.9. The summed E-state index contributed by atoms with van der Waals surface area (Å²) in [6, 6.07) is 28.8. The number of aromatic nitrogens is 2. The lowest BCUT2D eigenvalue weighted by atomic mass is 9.96. The van der Waals surface area contributed by atoms with Crippen molar-refractivity contribution in [3.8, 4) is 11.3 Å². The Labute approximate surface area is 169 Å². The van der Waals surface area contributed by atoms with Gasteiger partial charge in [0.15, 0.2) is 0 Å². The normalized spacial score (nSPS) is 15.8. The summed E-state index contributed by atoms with van der Waals surface area (Å²) >= 11 is 6.07. The maximum Gasteiger partial charge on any atom is 0.230 e. The summed E-state index contributed by atoms with van der Waals surface area (Å²) in [6.45, 7) is 0. The second-order valence-electron chi connectivity index (χ2n) is 6.90. The zero-order valence-corrected chi connectivity index (χ0v) is 15.9. The molecule has 0 amide bonds. The summed E-state index contributed by atoms with van der Waals surface area (Å²) in [5.74, 6) is 0.740. The molecule has 3 aromatic carbocycles. The van der Waals surface area contributed by atoms with Crippen molar-refractivity contribution in [2.75, 3.05) is 0 Å². The molecule has 136 valence electrons. The lowest BCUT2D eigenvalue weighted by Crippen LogP contribution is -2.19. The van der Waals surface area contributed by atoms with Crippen LogP contribution >= 0.6 is 11.6 Å². The van der Waals surface area contributed by atoms with Crippen molar-refractivity contribution >= 4 is 23.3 Å². The zero-order valence-electron chi connectivity index (χ0n) is 15.2. The average molecular weight is 384 g/mol. The third kappa shape index (κ3) is 3.14. The number of aliphatic imine (C=N–C) groups is 1. The van der Waals surface area contributed by atoms with Crippen LogP contribution in [0.4, 0.5) is 5.95 Å². The Balaban J connectivity index is 1.64. The van der Waals surface area contributed by atoms with Crippen molar-refractivity contribution < 1.29 is 0 Å². The molecule has 0 unspecified atom stereocenters. The van der Waals surface area contributed by atoms with Gasteiger partial charge in [-0.15, -0.1) is 0 Å². The molecule has 0 spiro atoms. The lowest BCUT2D eigenvalue weighted by Gasteiger charge is -2.25. The number of rotatable bonds is 3. The number of hydrogen-bond acceptors (Lipinski definition) is 2. The molecule has 4 aromatic rings. The highest BCUT2D eigenvalue weighted by atomic mass is 35.5. The molecular weight excluding hydrogens is 366 g/mol. The van der Waals surface area contributed by atoms with Crippen molar-refractivity contribution in [1.82, 2.24) is 9.55 Å². The Hall–Kier alpha value is -3.17. The van der Waals surface area contributed by atoms with E-state index in [1.807, 2.05) is 48.5 Å². The van der Waals surface area contributed by atoms with E-state index >= 15 is 0 Å². The van der Waals surface area contributed by atoms with E-state index in [1.54, 1.807) is 0 Å². The van der Waals surface area contributed by atoms with Crippen molar-refractivity contribution in [2.24, 2.45) is 4.99 Å². The van der Waals surface area contributed by atoms with Gasteiger partial charge in [0, 0.05) is 23.2 Å². The van der Waals surface area contributed by atoms with Gasteiger partial charge in [-0.2, -0.15) is 0 Å². The molecular formula is C24H18ClN3. The summed E-state index contributed by atoms with van der Waals surface area (Å²) in [7, 11) is 0. The molecule has 1 aliphatic rings. The maximum absolute atomic E-state index is 6.07. The highest BCUT2D eigenvalue weighted by Crippen LogP contribution is 2.36. The van der Waals surface area contributed by atoms with E-state index in [2.05, 4.69) is 47.2 Å². The summed E-state index contributed by atoms with van der Waals surface area (Å²) in [5.41, 5.74) is 5.41. The van der Waals surface area contributed by atoms with Crippen LogP contribution in [0.25, 0.3) is 11.3 Å². The number of hydrogen-bond donors (Lipinski definition) is 0. The van der Waals surface area contributed by atoms with Crippen molar-refractivity contribution in [3.05, 3.63) is 107 Å². The van der Waals surface area contributed by atoms with Gasteiger partial charge in [-0.1, -0.05) is 84.4 Å². The molecule has 0 fully saturated rings. The summed E-state index contributed by atoms with van der Waals surface area (Å²) < 4.78 is 2.19. The second-order valence-corrected chi connectivity index (χ2v) is 7.33. The summed E-state index contributed by atoms with van der Waals surface area (Å²) in [4.78, 5) is 9.73. The van der Waals surface area contributed by atoms with Crippen LogP contribution in [0.15, 0.2) is 96.1 Å². The van der Waals surface area contributed by atoms with Gasteiger partial charge in [-0.05, 0) is 23.3 Å². The van der Waals surface area contributed by atoms with Gasteiger partial charge < -0.3 is 4.57 Å². The Morgan fingerprint density at radius 2 is 1.46 bits per heavy atom. The molecule has 28 heavy (non-hydrogen) atoms. The first-order valence-electron chi connectivity index (χ1n) is 9.31. The predicted octanol–water partition coefficient (Wildman–Crippen LogP) is 6.32. The van der Waals surface area contributed by atoms with Crippen LogP contribution in [-0.4, -0.2) is 15.3 Å². The third-order valence-corrected chi connectivity index (χ3v) is 5.35. The SMILES string of the molecule is Clc1ccc(C2=Nc3nc(-c4ccccc4)cn3[C@H](c3ccccc3)C2)cc1. The molecule has 5 rings (SSSR count). The molecule has 0 aliphatic carbocycles. The van der Waals surface area contributed by atoms with E-state index < -0.39 is 0 Å². The minimum Gasteiger partial charge on any atom is -0.307 e. The average Bonchev–Trinajstić information content (AvgIpc) is 3.19. The topological polar surface area (TPSA) is 30.2 Å². The van der Waals surface area contributed by atoms with Crippen LogP contribution in [0.5, 0.6) is 0 Å². The fourth-order valence-electron chi connectivity index (χ4n) is 3.67. The molecule has 1 aliphatic heterocycles. The first-order chi connectivity index (χ1) is 13.8. The van der Waals surface area contributed by atoms with Gasteiger partial charge in [-0.25, -0.2) is 9.98 Å². The second kappa shape index (κ2) is 7.10. The Morgan fingerprint density at radius 1 is 0.786 bits per heavy atom. The van der Waals surface area contributed by atoms with Gasteiger partial charge in [0.2, 0.25) is 5.95 Å². The largest absolute Gasteiger partial charge is 0.307 e. The quantitative estimate of drug-likeness (QED) is 0.407. The van der Waals surface area contributed by atoms with Gasteiger partial charge >= 0.3 is 0 Å². The summed E-state index contributed by atoms with van der Waals surface area (Å²) in [5, 5.41) is 0.729. The van der Waals surface area contributed by atoms with E-state index in [0.717, 1.165) is 39.9 Å². The van der Waals surface area contributed by atoms with Gasteiger partial charge in [0.05, 0.1) is 17.4 Å². The molecule has 0 bridgehead atoms. The van der Waals surface area contributed by atoms with Gasteiger partial charge in [-0.3, -0.25) is 0 Å². The fraction of sp³-hybridized carbons (Fsp3) is 0.0833.